The minimum Gasteiger partial charge on any atom is -0.497 e. The SMILES string of the molecule is COc1ccc(CNC(=O)[C@@H](C)Sc2nc(C)c(CCO)c(=O)[nH]2)cc1. The van der Waals surface area contributed by atoms with Crippen molar-refractivity contribution in [3.63, 3.8) is 0 Å². The molecule has 0 aliphatic rings. The zero-order chi connectivity index (χ0) is 19.1. The van der Waals surface area contributed by atoms with Crippen molar-refractivity contribution < 1.29 is 14.6 Å². The Morgan fingerprint density at radius 1 is 1.38 bits per heavy atom. The molecule has 1 atom stereocenters. The van der Waals surface area contributed by atoms with Crippen LogP contribution in [0.1, 0.15) is 23.7 Å². The summed E-state index contributed by atoms with van der Waals surface area (Å²) in [5.41, 5.74) is 1.72. The van der Waals surface area contributed by atoms with E-state index < -0.39 is 5.25 Å². The summed E-state index contributed by atoms with van der Waals surface area (Å²) in [6, 6.07) is 7.45. The molecule has 7 nitrogen and oxygen atoms in total. The lowest BCUT2D eigenvalue weighted by Crippen LogP contribution is -2.31. The van der Waals surface area contributed by atoms with Gasteiger partial charge >= 0.3 is 0 Å². The van der Waals surface area contributed by atoms with Crippen LogP contribution in [0.25, 0.3) is 0 Å². The molecule has 2 aromatic rings. The Hall–Kier alpha value is -2.32. The number of hydrogen-bond acceptors (Lipinski definition) is 6. The third-order valence-electron chi connectivity index (χ3n) is 3.85. The molecule has 26 heavy (non-hydrogen) atoms. The van der Waals surface area contributed by atoms with E-state index in [1.807, 2.05) is 24.3 Å². The number of aryl methyl sites for hydroxylation is 1. The normalized spacial score (nSPS) is 11.8. The number of thioether (sulfide) groups is 1. The van der Waals surface area contributed by atoms with Crippen LogP contribution in [0.4, 0.5) is 0 Å². The number of carbonyl (C=O) groups excluding carboxylic acids is 1. The molecular weight excluding hydrogens is 354 g/mol. The minimum absolute atomic E-state index is 0.109. The Morgan fingerprint density at radius 2 is 2.08 bits per heavy atom. The van der Waals surface area contributed by atoms with Crippen molar-refractivity contribution in [2.75, 3.05) is 13.7 Å². The number of aromatic nitrogens is 2. The molecule has 140 valence electrons. The fourth-order valence-electron chi connectivity index (χ4n) is 2.34. The number of aliphatic hydroxyl groups excluding tert-OH is 1. The second kappa shape index (κ2) is 9.40. The molecule has 0 spiro atoms. The number of carbonyl (C=O) groups is 1. The Balaban J connectivity index is 1.95. The van der Waals surface area contributed by atoms with Crippen LogP contribution in [0.3, 0.4) is 0 Å². The van der Waals surface area contributed by atoms with Gasteiger partial charge in [0.15, 0.2) is 5.16 Å². The molecule has 1 aromatic heterocycles. The number of rotatable bonds is 8. The van der Waals surface area contributed by atoms with Crippen molar-refractivity contribution in [3.8, 4) is 5.75 Å². The smallest absolute Gasteiger partial charge is 0.255 e. The van der Waals surface area contributed by atoms with Crippen LogP contribution in [-0.2, 0) is 17.8 Å². The number of nitrogens with zero attached hydrogens (tertiary/aromatic N) is 1. The van der Waals surface area contributed by atoms with E-state index in [4.69, 9.17) is 9.84 Å². The van der Waals surface area contributed by atoms with Crippen molar-refractivity contribution in [1.82, 2.24) is 15.3 Å². The van der Waals surface area contributed by atoms with Gasteiger partial charge in [-0.1, -0.05) is 23.9 Å². The molecule has 0 saturated carbocycles. The zero-order valence-corrected chi connectivity index (χ0v) is 15.9. The number of aliphatic hydroxyl groups is 1. The molecule has 3 N–H and O–H groups in total. The lowest BCUT2D eigenvalue weighted by atomic mass is 10.2. The van der Waals surface area contributed by atoms with Crippen LogP contribution in [0.15, 0.2) is 34.2 Å². The van der Waals surface area contributed by atoms with Gasteiger partial charge in [-0.25, -0.2) is 4.98 Å². The van der Waals surface area contributed by atoms with E-state index in [0.717, 1.165) is 11.3 Å². The summed E-state index contributed by atoms with van der Waals surface area (Å²) in [7, 11) is 1.60. The first-order chi connectivity index (χ1) is 12.4. The number of aromatic amines is 1. The van der Waals surface area contributed by atoms with E-state index in [1.165, 1.54) is 11.8 Å². The van der Waals surface area contributed by atoms with Gasteiger partial charge in [-0.05, 0) is 31.5 Å². The Morgan fingerprint density at radius 3 is 2.65 bits per heavy atom. The third-order valence-corrected chi connectivity index (χ3v) is 4.83. The van der Waals surface area contributed by atoms with Gasteiger partial charge < -0.3 is 20.1 Å². The molecule has 1 amide bonds. The maximum absolute atomic E-state index is 12.3. The van der Waals surface area contributed by atoms with Gasteiger partial charge in [0, 0.05) is 30.8 Å². The predicted octanol–water partition coefficient (Wildman–Crippen LogP) is 1.42. The summed E-state index contributed by atoms with van der Waals surface area (Å²) in [6.45, 7) is 3.78. The number of H-pyrrole nitrogens is 1. The summed E-state index contributed by atoms with van der Waals surface area (Å²) in [5, 5.41) is 11.8. The van der Waals surface area contributed by atoms with Crippen LogP contribution in [0, 0.1) is 6.92 Å². The van der Waals surface area contributed by atoms with Crippen molar-refractivity contribution >= 4 is 17.7 Å². The molecule has 0 radical (unpaired) electrons. The van der Waals surface area contributed by atoms with Gasteiger partial charge in [0.25, 0.3) is 5.56 Å². The van der Waals surface area contributed by atoms with Crippen LogP contribution in [0.5, 0.6) is 5.75 Å². The summed E-state index contributed by atoms with van der Waals surface area (Å²) in [5.74, 6) is 0.615. The first-order valence-corrected chi connectivity index (χ1v) is 9.10. The van der Waals surface area contributed by atoms with E-state index in [1.54, 1.807) is 21.0 Å². The van der Waals surface area contributed by atoms with E-state index >= 15 is 0 Å². The summed E-state index contributed by atoms with van der Waals surface area (Å²) >= 11 is 1.19. The molecule has 0 fully saturated rings. The van der Waals surface area contributed by atoms with Crippen LogP contribution >= 0.6 is 11.8 Å². The minimum atomic E-state index is -0.417. The highest BCUT2D eigenvalue weighted by Gasteiger charge is 2.17. The number of ether oxygens (including phenoxy) is 1. The predicted molar refractivity (Wildman–Crippen MR) is 101 cm³/mol. The second-order valence-electron chi connectivity index (χ2n) is 5.73. The van der Waals surface area contributed by atoms with Crippen LogP contribution in [-0.4, -0.2) is 39.9 Å². The molecule has 2 rings (SSSR count). The van der Waals surface area contributed by atoms with Crippen molar-refractivity contribution in [1.29, 1.82) is 0 Å². The lowest BCUT2D eigenvalue weighted by molar-refractivity contribution is -0.120. The van der Waals surface area contributed by atoms with Gasteiger partial charge in [-0.3, -0.25) is 9.59 Å². The lowest BCUT2D eigenvalue weighted by Gasteiger charge is -2.12. The quantitative estimate of drug-likeness (QED) is 0.475. The highest BCUT2D eigenvalue weighted by molar-refractivity contribution is 8.00. The van der Waals surface area contributed by atoms with Crippen molar-refractivity contribution in [3.05, 3.63) is 51.4 Å². The molecule has 0 bridgehead atoms. The fourth-order valence-corrected chi connectivity index (χ4v) is 3.21. The number of nitrogens with one attached hydrogen (secondary N) is 2. The van der Waals surface area contributed by atoms with Crippen molar-refractivity contribution in [2.45, 2.75) is 37.2 Å². The topological polar surface area (TPSA) is 104 Å². The largest absolute Gasteiger partial charge is 0.497 e. The van der Waals surface area contributed by atoms with E-state index in [0.29, 0.717) is 23.0 Å². The number of benzene rings is 1. The third kappa shape index (κ3) is 5.34. The Bertz CT molecular complexity index is 805. The van der Waals surface area contributed by atoms with Gasteiger partial charge in [0.2, 0.25) is 5.91 Å². The number of hydrogen-bond donors (Lipinski definition) is 3. The summed E-state index contributed by atoms with van der Waals surface area (Å²) in [6.07, 6.45) is 0.261. The monoisotopic (exact) mass is 377 g/mol. The molecule has 0 saturated heterocycles. The molecule has 8 heteroatoms. The number of amides is 1. The molecule has 1 aromatic carbocycles. The Kier molecular flexibility index (Phi) is 7.23. The van der Waals surface area contributed by atoms with E-state index in [9.17, 15) is 9.59 Å². The van der Waals surface area contributed by atoms with Crippen molar-refractivity contribution in [2.24, 2.45) is 0 Å². The van der Waals surface area contributed by atoms with Gasteiger partial charge in [-0.15, -0.1) is 0 Å². The van der Waals surface area contributed by atoms with Crippen LogP contribution in [0.2, 0.25) is 0 Å². The second-order valence-corrected chi connectivity index (χ2v) is 7.06. The maximum Gasteiger partial charge on any atom is 0.255 e. The highest BCUT2D eigenvalue weighted by Crippen LogP contribution is 2.19. The van der Waals surface area contributed by atoms with E-state index in [-0.39, 0.29) is 24.5 Å². The first kappa shape index (κ1) is 20.0. The molecule has 0 unspecified atom stereocenters. The zero-order valence-electron chi connectivity index (χ0n) is 15.0. The van der Waals surface area contributed by atoms with E-state index in [2.05, 4.69) is 15.3 Å². The van der Waals surface area contributed by atoms with Gasteiger partial charge in [0.05, 0.1) is 12.4 Å². The average molecular weight is 377 g/mol. The fraction of sp³-hybridized carbons (Fsp3) is 0.389. The van der Waals surface area contributed by atoms with Gasteiger partial charge in [-0.2, -0.15) is 0 Å². The average Bonchev–Trinajstić information content (AvgIpc) is 2.63. The molecule has 0 aliphatic carbocycles. The van der Waals surface area contributed by atoms with Gasteiger partial charge in [0.1, 0.15) is 5.75 Å². The molecular formula is C18H23N3O4S. The molecule has 0 aliphatic heterocycles. The first-order valence-electron chi connectivity index (χ1n) is 8.22. The maximum atomic E-state index is 12.3. The van der Waals surface area contributed by atoms with Crippen LogP contribution < -0.4 is 15.6 Å². The highest BCUT2D eigenvalue weighted by atomic mass is 32.2. The summed E-state index contributed by atoms with van der Waals surface area (Å²) in [4.78, 5) is 31.3. The summed E-state index contributed by atoms with van der Waals surface area (Å²) < 4.78 is 5.10. The molecule has 1 heterocycles. The number of methoxy groups -OCH3 is 1. The standard InChI is InChI=1S/C18H23N3O4S/c1-11-15(8-9-22)17(24)21-18(20-11)26-12(2)16(23)19-10-13-4-6-14(25-3)7-5-13/h4-7,12,22H,8-10H2,1-3H3,(H,19,23)(H,20,21,24)/t12-/m1/s1. The Labute approximate surface area is 156 Å².